The topological polar surface area (TPSA) is 111 Å². The number of benzene rings is 2. The molecule has 0 saturated heterocycles. The summed E-state index contributed by atoms with van der Waals surface area (Å²) >= 11 is 0. The molecule has 0 saturated carbocycles. The highest BCUT2D eigenvalue weighted by Gasteiger charge is 2.19. The van der Waals surface area contributed by atoms with Crippen molar-refractivity contribution in [3.05, 3.63) is 70.6 Å². The van der Waals surface area contributed by atoms with Gasteiger partial charge in [0, 0.05) is 19.7 Å². The van der Waals surface area contributed by atoms with Gasteiger partial charge in [-0.25, -0.2) is 12.7 Å². The lowest BCUT2D eigenvalue weighted by Crippen LogP contribution is -2.27. The van der Waals surface area contributed by atoms with Crippen LogP contribution < -0.4 is 14.8 Å². The Kier molecular flexibility index (Phi) is 7.63. The molecule has 3 rings (SSSR count). The molecule has 0 aliphatic carbocycles. The summed E-state index contributed by atoms with van der Waals surface area (Å²) < 4.78 is 42.1. The monoisotopic (exact) mass is 487 g/mol. The Labute approximate surface area is 199 Å². The maximum Gasteiger partial charge on any atom is 0.251 e. The number of nitrogens with zero attached hydrogens (tertiary/aromatic N) is 2. The number of carbonyl (C=O) groups excluding carboxylic acids is 1. The number of ether oxygens (including phenoxy) is 2. The Bertz CT molecular complexity index is 1250. The lowest BCUT2D eigenvalue weighted by molar-refractivity contribution is 0.0939. The third kappa shape index (κ3) is 5.40. The Hall–Kier alpha value is -3.37. The third-order valence-electron chi connectivity index (χ3n) is 5.49. The van der Waals surface area contributed by atoms with Crippen molar-refractivity contribution in [1.82, 2.24) is 14.8 Å². The standard InChI is InChI=1S/C24H29N3O6S/c1-15(18-7-10-20(11-8-18)34(29,30)27(4)5)25-24(28)19-9-12-22(23(13-19)31-6)32-14-21-16(2)26-33-17(21)3/h7-13,15H,14H2,1-6H3,(H,25,28). The van der Waals surface area contributed by atoms with Crippen LogP contribution in [0.2, 0.25) is 0 Å². The molecule has 0 spiro atoms. The molecular formula is C24H29N3O6S. The molecule has 10 heteroatoms. The molecule has 3 aromatic rings. The second-order valence-electron chi connectivity index (χ2n) is 8.01. The molecule has 0 fully saturated rings. The molecule has 0 radical (unpaired) electrons. The van der Waals surface area contributed by atoms with E-state index in [9.17, 15) is 13.2 Å². The van der Waals surface area contributed by atoms with Crippen molar-refractivity contribution in [3.63, 3.8) is 0 Å². The van der Waals surface area contributed by atoms with E-state index in [-0.39, 0.29) is 23.5 Å². The number of aromatic nitrogens is 1. The summed E-state index contributed by atoms with van der Waals surface area (Å²) in [5, 5.41) is 6.83. The number of nitrogens with one attached hydrogen (secondary N) is 1. The fraction of sp³-hybridized carbons (Fsp3) is 0.333. The molecule has 34 heavy (non-hydrogen) atoms. The molecule has 1 atom stereocenters. The van der Waals surface area contributed by atoms with Gasteiger partial charge in [0.05, 0.1) is 29.3 Å². The van der Waals surface area contributed by atoms with Crippen molar-refractivity contribution in [1.29, 1.82) is 0 Å². The van der Waals surface area contributed by atoms with Gasteiger partial charge in [0.1, 0.15) is 12.4 Å². The van der Waals surface area contributed by atoms with Crippen molar-refractivity contribution in [2.24, 2.45) is 0 Å². The molecule has 9 nitrogen and oxygen atoms in total. The van der Waals surface area contributed by atoms with Gasteiger partial charge in [-0.1, -0.05) is 17.3 Å². The lowest BCUT2D eigenvalue weighted by atomic mass is 10.1. The zero-order valence-corrected chi connectivity index (χ0v) is 20.9. The van der Waals surface area contributed by atoms with Gasteiger partial charge in [0.25, 0.3) is 5.91 Å². The van der Waals surface area contributed by atoms with E-state index >= 15 is 0 Å². The molecule has 1 N–H and O–H groups in total. The molecule has 182 valence electrons. The van der Waals surface area contributed by atoms with Crippen LogP contribution in [0.4, 0.5) is 0 Å². The summed E-state index contributed by atoms with van der Waals surface area (Å²) in [5.74, 6) is 1.30. The Balaban J connectivity index is 1.69. The average molecular weight is 488 g/mol. The fourth-order valence-corrected chi connectivity index (χ4v) is 4.19. The molecule has 0 aliphatic rings. The van der Waals surface area contributed by atoms with Crippen LogP contribution in [0.25, 0.3) is 0 Å². The van der Waals surface area contributed by atoms with E-state index in [2.05, 4.69) is 10.5 Å². The zero-order chi connectivity index (χ0) is 25.0. The highest BCUT2D eigenvalue weighted by Crippen LogP contribution is 2.30. The predicted molar refractivity (Wildman–Crippen MR) is 126 cm³/mol. The number of amides is 1. The van der Waals surface area contributed by atoms with Crippen LogP contribution in [0.3, 0.4) is 0 Å². The number of hydrogen-bond acceptors (Lipinski definition) is 7. The van der Waals surface area contributed by atoms with Gasteiger partial charge in [-0.2, -0.15) is 0 Å². The first-order valence-corrected chi connectivity index (χ1v) is 12.0. The van der Waals surface area contributed by atoms with Crippen LogP contribution in [0.5, 0.6) is 11.5 Å². The Morgan fingerprint density at radius 2 is 1.79 bits per heavy atom. The summed E-state index contributed by atoms with van der Waals surface area (Å²) in [6, 6.07) is 11.0. The number of sulfonamides is 1. The molecule has 0 aliphatic heterocycles. The lowest BCUT2D eigenvalue weighted by Gasteiger charge is -2.17. The first kappa shape index (κ1) is 25.3. The van der Waals surface area contributed by atoms with E-state index in [4.69, 9.17) is 14.0 Å². The molecular weight excluding hydrogens is 458 g/mol. The number of carbonyl (C=O) groups is 1. The van der Waals surface area contributed by atoms with Crippen molar-refractivity contribution in [2.75, 3.05) is 21.2 Å². The number of methoxy groups -OCH3 is 1. The SMILES string of the molecule is COc1cc(C(=O)NC(C)c2ccc(S(=O)(=O)N(C)C)cc2)ccc1OCc1c(C)noc1C. The number of rotatable bonds is 9. The molecule has 1 heterocycles. The minimum Gasteiger partial charge on any atom is -0.493 e. The van der Waals surface area contributed by atoms with Crippen molar-refractivity contribution in [2.45, 2.75) is 38.3 Å². The van der Waals surface area contributed by atoms with Gasteiger partial charge in [-0.15, -0.1) is 0 Å². The number of aryl methyl sites for hydroxylation is 2. The van der Waals surface area contributed by atoms with Crippen LogP contribution >= 0.6 is 0 Å². The third-order valence-corrected chi connectivity index (χ3v) is 7.31. The average Bonchev–Trinajstić information content (AvgIpc) is 3.14. The van der Waals surface area contributed by atoms with Crippen molar-refractivity contribution in [3.8, 4) is 11.5 Å². The molecule has 0 bridgehead atoms. The largest absolute Gasteiger partial charge is 0.493 e. The summed E-state index contributed by atoms with van der Waals surface area (Å²) in [5.41, 5.74) is 2.80. The van der Waals surface area contributed by atoms with Gasteiger partial charge in [0.15, 0.2) is 11.5 Å². The van der Waals surface area contributed by atoms with E-state index in [0.717, 1.165) is 21.1 Å². The van der Waals surface area contributed by atoms with E-state index in [0.29, 0.717) is 22.8 Å². The smallest absolute Gasteiger partial charge is 0.251 e. The van der Waals surface area contributed by atoms with Gasteiger partial charge in [-0.05, 0) is 56.7 Å². The van der Waals surface area contributed by atoms with E-state index < -0.39 is 10.0 Å². The van der Waals surface area contributed by atoms with E-state index in [1.165, 1.54) is 33.3 Å². The maximum absolute atomic E-state index is 12.8. The van der Waals surface area contributed by atoms with Gasteiger partial charge in [-0.3, -0.25) is 4.79 Å². The van der Waals surface area contributed by atoms with Gasteiger partial charge >= 0.3 is 0 Å². The van der Waals surface area contributed by atoms with Crippen LogP contribution in [-0.4, -0.2) is 45.0 Å². The minimum absolute atomic E-state index is 0.191. The summed E-state index contributed by atoms with van der Waals surface area (Å²) in [6.07, 6.45) is 0. The van der Waals surface area contributed by atoms with Crippen molar-refractivity contribution >= 4 is 15.9 Å². The first-order chi connectivity index (χ1) is 16.0. The number of hydrogen-bond donors (Lipinski definition) is 1. The van der Waals surface area contributed by atoms with Crippen molar-refractivity contribution < 1.29 is 27.2 Å². The van der Waals surface area contributed by atoms with Gasteiger partial charge in [0.2, 0.25) is 10.0 Å². The van der Waals surface area contributed by atoms with Crippen LogP contribution in [-0.2, 0) is 16.6 Å². The highest BCUT2D eigenvalue weighted by atomic mass is 32.2. The molecule has 1 aromatic heterocycles. The Morgan fingerprint density at radius 3 is 2.35 bits per heavy atom. The van der Waals surface area contributed by atoms with E-state index in [1.807, 2.05) is 20.8 Å². The minimum atomic E-state index is -3.51. The van der Waals surface area contributed by atoms with Gasteiger partial charge < -0.3 is 19.3 Å². The fourth-order valence-electron chi connectivity index (χ4n) is 3.29. The Morgan fingerprint density at radius 1 is 1.12 bits per heavy atom. The van der Waals surface area contributed by atoms with Crippen LogP contribution in [0.1, 0.15) is 45.9 Å². The molecule has 1 unspecified atom stereocenters. The quantitative estimate of drug-likeness (QED) is 0.491. The van der Waals surface area contributed by atoms with E-state index in [1.54, 1.807) is 30.3 Å². The second-order valence-corrected chi connectivity index (χ2v) is 10.2. The molecule has 1 amide bonds. The zero-order valence-electron chi connectivity index (χ0n) is 20.1. The molecule has 2 aromatic carbocycles. The van der Waals surface area contributed by atoms with Crippen LogP contribution in [0.15, 0.2) is 51.9 Å². The summed E-state index contributed by atoms with van der Waals surface area (Å²) in [6.45, 7) is 5.75. The highest BCUT2D eigenvalue weighted by molar-refractivity contribution is 7.89. The van der Waals surface area contributed by atoms with Crippen LogP contribution in [0, 0.1) is 13.8 Å². The summed E-state index contributed by atoms with van der Waals surface area (Å²) in [7, 11) is 0.955. The predicted octanol–water partition coefficient (Wildman–Crippen LogP) is 3.62. The first-order valence-electron chi connectivity index (χ1n) is 10.6. The normalized spacial score (nSPS) is 12.4. The summed E-state index contributed by atoms with van der Waals surface area (Å²) in [4.78, 5) is 13.0. The second kappa shape index (κ2) is 10.3. The maximum atomic E-state index is 12.8.